The van der Waals surface area contributed by atoms with Crippen molar-refractivity contribution >= 4 is 5.91 Å². The van der Waals surface area contributed by atoms with Crippen molar-refractivity contribution in [3.05, 3.63) is 0 Å². The van der Waals surface area contributed by atoms with Gasteiger partial charge in [0.05, 0.1) is 18.7 Å². The summed E-state index contributed by atoms with van der Waals surface area (Å²) in [5.74, 6) is 2.44. The summed E-state index contributed by atoms with van der Waals surface area (Å²) in [6.07, 6.45) is 5.99. The molecular formula is C11H20N2O2. The molecule has 15 heavy (non-hydrogen) atoms. The summed E-state index contributed by atoms with van der Waals surface area (Å²) >= 11 is 0. The maximum Gasteiger partial charge on any atom is 0.238 e. The van der Waals surface area contributed by atoms with Gasteiger partial charge in [-0.1, -0.05) is 13.8 Å². The SMILES string of the molecule is C#CCC(N)C(=O)NC(CO)CC(C)C. The summed E-state index contributed by atoms with van der Waals surface area (Å²) in [6, 6.07) is -0.919. The normalized spacial score (nSPS) is 14.4. The second-order valence-corrected chi connectivity index (χ2v) is 4.03. The van der Waals surface area contributed by atoms with Crippen LogP contribution in [0.5, 0.6) is 0 Å². The number of aliphatic hydroxyl groups is 1. The van der Waals surface area contributed by atoms with Crippen LogP contribution in [0, 0.1) is 18.3 Å². The van der Waals surface area contributed by atoms with E-state index < -0.39 is 6.04 Å². The van der Waals surface area contributed by atoms with Crippen molar-refractivity contribution in [3.63, 3.8) is 0 Å². The van der Waals surface area contributed by atoms with E-state index >= 15 is 0 Å². The average Bonchev–Trinajstić information content (AvgIpc) is 2.16. The molecule has 0 aliphatic carbocycles. The molecule has 0 fully saturated rings. The van der Waals surface area contributed by atoms with E-state index in [1.165, 1.54) is 0 Å². The number of nitrogens with one attached hydrogen (secondary N) is 1. The fraction of sp³-hybridized carbons (Fsp3) is 0.727. The lowest BCUT2D eigenvalue weighted by Gasteiger charge is -2.19. The first kappa shape index (κ1) is 13.9. The highest BCUT2D eigenvalue weighted by atomic mass is 16.3. The highest BCUT2D eigenvalue weighted by molar-refractivity contribution is 5.82. The van der Waals surface area contributed by atoms with Gasteiger partial charge >= 0.3 is 0 Å². The Labute approximate surface area is 91.2 Å². The van der Waals surface area contributed by atoms with Crippen molar-refractivity contribution in [1.29, 1.82) is 0 Å². The van der Waals surface area contributed by atoms with Crippen molar-refractivity contribution in [2.24, 2.45) is 11.7 Å². The van der Waals surface area contributed by atoms with Crippen molar-refractivity contribution in [2.75, 3.05) is 6.61 Å². The second-order valence-electron chi connectivity index (χ2n) is 4.03. The Hall–Kier alpha value is -1.05. The van der Waals surface area contributed by atoms with Gasteiger partial charge in [-0.05, 0) is 12.3 Å². The molecule has 86 valence electrons. The first-order valence-electron chi connectivity index (χ1n) is 5.11. The summed E-state index contributed by atoms with van der Waals surface area (Å²) in [5.41, 5.74) is 5.53. The third-order valence-electron chi connectivity index (χ3n) is 2.00. The zero-order valence-electron chi connectivity index (χ0n) is 9.36. The van der Waals surface area contributed by atoms with Crippen LogP contribution in [-0.2, 0) is 4.79 Å². The van der Waals surface area contributed by atoms with Crippen LogP contribution < -0.4 is 11.1 Å². The summed E-state index contributed by atoms with van der Waals surface area (Å²) < 4.78 is 0. The number of rotatable bonds is 6. The summed E-state index contributed by atoms with van der Waals surface area (Å²) in [7, 11) is 0. The molecule has 4 nitrogen and oxygen atoms in total. The predicted molar refractivity (Wildman–Crippen MR) is 59.9 cm³/mol. The maximum absolute atomic E-state index is 11.4. The van der Waals surface area contributed by atoms with Crippen LogP contribution in [0.2, 0.25) is 0 Å². The van der Waals surface area contributed by atoms with Crippen molar-refractivity contribution in [1.82, 2.24) is 5.32 Å². The van der Waals surface area contributed by atoms with Crippen LogP contribution in [0.15, 0.2) is 0 Å². The van der Waals surface area contributed by atoms with Gasteiger partial charge in [0.2, 0.25) is 5.91 Å². The Morgan fingerprint density at radius 1 is 1.60 bits per heavy atom. The molecule has 1 amide bonds. The largest absolute Gasteiger partial charge is 0.394 e. The Morgan fingerprint density at radius 3 is 2.60 bits per heavy atom. The molecule has 4 N–H and O–H groups in total. The minimum Gasteiger partial charge on any atom is -0.394 e. The minimum atomic E-state index is -0.684. The fourth-order valence-electron chi connectivity index (χ4n) is 1.28. The first-order chi connectivity index (χ1) is 7.01. The molecule has 2 atom stereocenters. The van der Waals surface area contributed by atoms with Gasteiger partial charge in [-0.25, -0.2) is 0 Å². The third-order valence-corrected chi connectivity index (χ3v) is 2.00. The molecule has 0 saturated heterocycles. The van der Waals surface area contributed by atoms with Crippen LogP contribution in [-0.4, -0.2) is 29.7 Å². The zero-order valence-corrected chi connectivity index (χ0v) is 9.36. The van der Waals surface area contributed by atoms with Gasteiger partial charge in [0, 0.05) is 6.42 Å². The van der Waals surface area contributed by atoms with Gasteiger partial charge in [-0.3, -0.25) is 4.79 Å². The van der Waals surface area contributed by atoms with E-state index in [0.717, 1.165) is 6.42 Å². The molecule has 0 bridgehead atoms. The molecule has 0 aromatic heterocycles. The highest BCUT2D eigenvalue weighted by Crippen LogP contribution is 2.04. The molecule has 0 aromatic rings. The number of nitrogens with two attached hydrogens (primary N) is 1. The number of amides is 1. The summed E-state index contributed by atoms with van der Waals surface area (Å²) in [5, 5.41) is 11.7. The quantitative estimate of drug-likeness (QED) is 0.536. The number of aliphatic hydroxyl groups excluding tert-OH is 1. The molecule has 0 aliphatic heterocycles. The first-order valence-corrected chi connectivity index (χ1v) is 5.11. The molecule has 0 saturated carbocycles. The van der Waals surface area contributed by atoms with E-state index in [4.69, 9.17) is 17.3 Å². The summed E-state index contributed by atoms with van der Waals surface area (Å²) in [4.78, 5) is 11.4. The second kappa shape index (κ2) is 7.27. The molecule has 4 heteroatoms. The van der Waals surface area contributed by atoms with Crippen molar-refractivity contribution < 1.29 is 9.90 Å². The van der Waals surface area contributed by atoms with E-state index in [2.05, 4.69) is 11.2 Å². The Balaban J connectivity index is 4.07. The van der Waals surface area contributed by atoms with Crippen LogP contribution >= 0.6 is 0 Å². The lowest BCUT2D eigenvalue weighted by Crippen LogP contribution is -2.47. The molecule has 0 rings (SSSR count). The lowest BCUT2D eigenvalue weighted by atomic mass is 10.0. The number of hydrogen-bond acceptors (Lipinski definition) is 3. The van der Waals surface area contributed by atoms with Crippen LogP contribution in [0.1, 0.15) is 26.7 Å². The van der Waals surface area contributed by atoms with Crippen LogP contribution in [0.4, 0.5) is 0 Å². The topological polar surface area (TPSA) is 75.4 Å². The molecular weight excluding hydrogens is 192 g/mol. The van der Waals surface area contributed by atoms with Crippen molar-refractivity contribution in [3.8, 4) is 12.3 Å². The molecule has 0 spiro atoms. The molecule has 0 heterocycles. The van der Waals surface area contributed by atoms with E-state index in [1.54, 1.807) is 0 Å². The van der Waals surface area contributed by atoms with E-state index in [-0.39, 0.29) is 25.0 Å². The lowest BCUT2D eigenvalue weighted by molar-refractivity contribution is -0.123. The van der Waals surface area contributed by atoms with Gasteiger partial charge in [0.1, 0.15) is 0 Å². The molecule has 0 aliphatic rings. The van der Waals surface area contributed by atoms with Gasteiger partial charge in [-0.15, -0.1) is 12.3 Å². The zero-order chi connectivity index (χ0) is 11.8. The van der Waals surface area contributed by atoms with Gasteiger partial charge in [0.15, 0.2) is 0 Å². The number of hydrogen-bond donors (Lipinski definition) is 3. The number of terminal acetylenes is 1. The number of carbonyl (C=O) groups excluding carboxylic acids is 1. The highest BCUT2D eigenvalue weighted by Gasteiger charge is 2.17. The standard InChI is InChI=1S/C11H20N2O2/c1-4-5-10(12)11(15)13-9(7-14)6-8(2)3/h1,8-10,14H,5-7,12H2,2-3H3,(H,13,15). The van der Waals surface area contributed by atoms with Crippen LogP contribution in [0.25, 0.3) is 0 Å². The van der Waals surface area contributed by atoms with Gasteiger partial charge < -0.3 is 16.2 Å². The van der Waals surface area contributed by atoms with Gasteiger partial charge in [-0.2, -0.15) is 0 Å². The maximum atomic E-state index is 11.4. The minimum absolute atomic E-state index is 0.0767. The smallest absolute Gasteiger partial charge is 0.238 e. The molecule has 2 unspecified atom stereocenters. The average molecular weight is 212 g/mol. The van der Waals surface area contributed by atoms with Crippen molar-refractivity contribution in [2.45, 2.75) is 38.8 Å². The summed E-state index contributed by atoms with van der Waals surface area (Å²) in [6.45, 7) is 3.97. The van der Waals surface area contributed by atoms with E-state index in [1.807, 2.05) is 13.8 Å². The fourth-order valence-corrected chi connectivity index (χ4v) is 1.28. The van der Waals surface area contributed by atoms with Gasteiger partial charge in [0.25, 0.3) is 0 Å². The predicted octanol–water partition coefficient (Wildman–Crippen LogP) is -0.140. The molecule has 0 radical (unpaired) electrons. The third kappa shape index (κ3) is 6.10. The van der Waals surface area contributed by atoms with Crippen LogP contribution in [0.3, 0.4) is 0 Å². The monoisotopic (exact) mass is 212 g/mol. The number of carbonyl (C=O) groups is 1. The van der Waals surface area contributed by atoms with E-state index in [0.29, 0.717) is 5.92 Å². The van der Waals surface area contributed by atoms with E-state index in [9.17, 15) is 4.79 Å². The Bertz CT molecular complexity index is 233. The Morgan fingerprint density at radius 2 is 2.20 bits per heavy atom. The molecule has 0 aromatic carbocycles. The Kier molecular flexibility index (Phi) is 6.76.